The Morgan fingerprint density at radius 3 is 2.91 bits per heavy atom. The summed E-state index contributed by atoms with van der Waals surface area (Å²) in [5.74, 6) is 0.589. The van der Waals surface area contributed by atoms with Gasteiger partial charge in [-0.25, -0.2) is 0 Å². The fourth-order valence-corrected chi connectivity index (χ4v) is 5.64. The van der Waals surface area contributed by atoms with Gasteiger partial charge in [0.2, 0.25) is 0 Å². The minimum atomic E-state index is -0.0316. The van der Waals surface area contributed by atoms with Gasteiger partial charge in [-0.2, -0.15) is 0 Å². The van der Waals surface area contributed by atoms with Crippen molar-refractivity contribution in [1.29, 1.82) is 0 Å². The number of fused-ring (bicyclic) bond motifs is 4. The van der Waals surface area contributed by atoms with Crippen LogP contribution in [-0.2, 0) is 0 Å². The van der Waals surface area contributed by atoms with Crippen LogP contribution in [0.2, 0.25) is 0 Å². The molecular formula is C16H18IN3OS. The number of hydrogen-bond acceptors (Lipinski definition) is 4. The van der Waals surface area contributed by atoms with Crippen LogP contribution in [0.3, 0.4) is 0 Å². The molecule has 5 rings (SSSR count). The van der Waals surface area contributed by atoms with Crippen molar-refractivity contribution in [1.82, 2.24) is 15.2 Å². The Morgan fingerprint density at radius 2 is 2.18 bits per heavy atom. The van der Waals surface area contributed by atoms with Gasteiger partial charge in [-0.1, -0.05) is 0 Å². The Hall–Kier alpha value is -0.730. The third-order valence-electron chi connectivity index (χ3n) is 5.08. The molecule has 4 nitrogen and oxygen atoms in total. The molecule has 5 heterocycles. The first-order valence-electron chi connectivity index (χ1n) is 7.72. The van der Waals surface area contributed by atoms with Gasteiger partial charge in [0.05, 0.1) is 2.88 Å². The van der Waals surface area contributed by atoms with Crippen LogP contribution < -0.4 is 5.32 Å². The van der Waals surface area contributed by atoms with E-state index in [0.717, 1.165) is 10.1 Å². The molecule has 2 unspecified atom stereocenters. The SMILES string of the molecule is CC1C(NC(=O)c2cc3sc(I)cc3cn2)C2CCN1CC2. The summed E-state index contributed by atoms with van der Waals surface area (Å²) in [6, 6.07) is 4.72. The van der Waals surface area contributed by atoms with Crippen molar-refractivity contribution in [3.8, 4) is 0 Å². The highest BCUT2D eigenvalue weighted by atomic mass is 127. The highest BCUT2D eigenvalue weighted by Crippen LogP contribution is 2.32. The Labute approximate surface area is 147 Å². The lowest BCUT2D eigenvalue weighted by Crippen LogP contribution is -2.62. The normalized spacial score (nSPS) is 30.6. The van der Waals surface area contributed by atoms with Crippen LogP contribution in [0, 0.1) is 8.80 Å². The van der Waals surface area contributed by atoms with Gasteiger partial charge in [-0.3, -0.25) is 14.7 Å². The Bertz CT molecular complexity index is 721. The number of carbonyl (C=O) groups excluding carboxylic acids is 1. The van der Waals surface area contributed by atoms with E-state index in [2.05, 4.69) is 50.8 Å². The van der Waals surface area contributed by atoms with Crippen molar-refractivity contribution in [2.75, 3.05) is 13.1 Å². The van der Waals surface area contributed by atoms with Crippen molar-refractivity contribution < 1.29 is 4.79 Å². The molecule has 2 bridgehead atoms. The van der Waals surface area contributed by atoms with Gasteiger partial charge in [-0.15, -0.1) is 11.3 Å². The van der Waals surface area contributed by atoms with Gasteiger partial charge in [0.1, 0.15) is 5.69 Å². The summed E-state index contributed by atoms with van der Waals surface area (Å²) in [5, 5.41) is 4.36. The molecule has 0 aromatic carbocycles. The van der Waals surface area contributed by atoms with Crippen molar-refractivity contribution >= 4 is 49.9 Å². The monoisotopic (exact) mass is 427 g/mol. The fraction of sp³-hybridized carbons (Fsp3) is 0.500. The second-order valence-electron chi connectivity index (χ2n) is 6.27. The molecule has 6 heteroatoms. The van der Waals surface area contributed by atoms with Gasteiger partial charge in [0.15, 0.2) is 0 Å². The number of thiophene rings is 1. The summed E-state index contributed by atoms with van der Waals surface area (Å²) in [6.07, 6.45) is 4.21. The quantitative estimate of drug-likeness (QED) is 0.750. The van der Waals surface area contributed by atoms with Crippen molar-refractivity contribution in [3.63, 3.8) is 0 Å². The zero-order valence-electron chi connectivity index (χ0n) is 12.4. The Kier molecular flexibility index (Phi) is 3.86. The smallest absolute Gasteiger partial charge is 0.270 e. The standard InChI is InChI=1S/C16H18IN3OS/c1-9-15(10-2-4-20(9)5-3-10)19-16(21)12-7-13-11(8-18-12)6-14(17)22-13/h6-10,15H,2-5H2,1H3,(H,19,21). The van der Waals surface area contributed by atoms with Crippen molar-refractivity contribution in [2.24, 2.45) is 5.92 Å². The number of rotatable bonds is 2. The lowest BCUT2D eigenvalue weighted by Gasteiger charge is -2.49. The highest BCUT2D eigenvalue weighted by Gasteiger charge is 2.40. The van der Waals surface area contributed by atoms with Crippen molar-refractivity contribution in [2.45, 2.75) is 31.8 Å². The molecule has 2 aromatic rings. The van der Waals surface area contributed by atoms with E-state index in [9.17, 15) is 4.79 Å². The molecule has 0 spiro atoms. The molecule has 116 valence electrons. The summed E-state index contributed by atoms with van der Waals surface area (Å²) >= 11 is 4.01. The molecule has 0 saturated carbocycles. The van der Waals surface area contributed by atoms with E-state index in [-0.39, 0.29) is 11.9 Å². The molecule has 3 aliphatic rings. The van der Waals surface area contributed by atoms with E-state index in [1.54, 1.807) is 11.3 Å². The van der Waals surface area contributed by atoms with Crippen molar-refractivity contribution in [3.05, 3.63) is 26.9 Å². The maximum atomic E-state index is 12.6. The number of pyridine rings is 1. The molecule has 3 saturated heterocycles. The van der Waals surface area contributed by atoms with Crippen LogP contribution in [0.15, 0.2) is 18.3 Å². The van der Waals surface area contributed by atoms with E-state index in [0.29, 0.717) is 17.7 Å². The van der Waals surface area contributed by atoms with Gasteiger partial charge in [0, 0.05) is 28.4 Å². The summed E-state index contributed by atoms with van der Waals surface area (Å²) in [7, 11) is 0. The second kappa shape index (κ2) is 5.72. The predicted octanol–water partition coefficient (Wildman–Crippen LogP) is 3.11. The first-order chi connectivity index (χ1) is 10.6. The first-order valence-corrected chi connectivity index (χ1v) is 9.61. The summed E-state index contributed by atoms with van der Waals surface area (Å²) in [4.78, 5) is 19.4. The van der Waals surface area contributed by atoms with Gasteiger partial charge in [0.25, 0.3) is 5.91 Å². The molecule has 2 aromatic heterocycles. The highest BCUT2D eigenvalue weighted by molar-refractivity contribution is 14.1. The second-order valence-corrected chi connectivity index (χ2v) is 9.25. The molecule has 1 N–H and O–H groups in total. The molecule has 0 radical (unpaired) electrons. The molecule has 3 fully saturated rings. The number of amides is 1. The first kappa shape index (κ1) is 14.8. The number of nitrogens with one attached hydrogen (secondary N) is 1. The molecule has 3 aliphatic heterocycles. The molecular weight excluding hydrogens is 409 g/mol. The summed E-state index contributed by atoms with van der Waals surface area (Å²) in [5.41, 5.74) is 0.536. The Morgan fingerprint density at radius 1 is 1.41 bits per heavy atom. The lowest BCUT2D eigenvalue weighted by molar-refractivity contribution is 0.0216. The number of piperidine rings is 3. The average molecular weight is 427 g/mol. The number of nitrogens with zero attached hydrogens (tertiary/aromatic N) is 2. The van der Waals surface area contributed by atoms with Crippen LogP contribution >= 0.6 is 33.9 Å². The predicted molar refractivity (Wildman–Crippen MR) is 97.4 cm³/mol. The van der Waals surface area contributed by atoms with Gasteiger partial charge >= 0.3 is 0 Å². The zero-order valence-corrected chi connectivity index (χ0v) is 15.4. The van der Waals surface area contributed by atoms with Gasteiger partial charge < -0.3 is 5.32 Å². The minimum Gasteiger partial charge on any atom is -0.346 e. The number of halogens is 1. The molecule has 2 atom stereocenters. The van der Waals surface area contributed by atoms with E-state index in [4.69, 9.17) is 0 Å². The maximum Gasteiger partial charge on any atom is 0.270 e. The zero-order chi connectivity index (χ0) is 15.3. The average Bonchev–Trinajstić information content (AvgIpc) is 2.90. The van der Waals surface area contributed by atoms with Gasteiger partial charge in [-0.05, 0) is 73.5 Å². The maximum absolute atomic E-state index is 12.6. The van der Waals surface area contributed by atoms with Crippen LogP contribution in [0.25, 0.3) is 10.1 Å². The third kappa shape index (κ3) is 2.55. The lowest BCUT2D eigenvalue weighted by atomic mass is 9.79. The number of hydrogen-bond donors (Lipinski definition) is 1. The summed E-state index contributed by atoms with van der Waals surface area (Å²) in [6.45, 7) is 4.58. The van der Waals surface area contributed by atoms with E-state index in [1.165, 1.54) is 28.8 Å². The van der Waals surface area contributed by atoms with Crippen LogP contribution in [0.4, 0.5) is 0 Å². The largest absolute Gasteiger partial charge is 0.346 e. The van der Waals surface area contributed by atoms with Crippen LogP contribution in [0.1, 0.15) is 30.3 Å². The summed E-state index contributed by atoms with van der Waals surface area (Å²) < 4.78 is 2.35. The fourth-order valence-electron chi connectivity index (χ4n) is 3.80. The molecule has 22 heavy (non-hydrogen) atoms. The molecule has 0 aliphatic carbocycles. The Balaban J connectivity index is 1.55. The molecule has 1 amide bonds. The topological polar surface area (TPSA) is 45.2 Å². The minimum absolute atomic E-state index is 0.0316. The number of carbonyl (C=O) groups is 1. The number of aromatic nitrogens is 1. The van der Waals surface area contributed by atoms with E-state index in [1.807, 2.05) is 12.3 Å². The van der Waals surface area contributed by atoms with Crippen LogP contribution in [-0.4, -0.2) is 41.0 Å². The third-order valence-corrected chi connectivity index (χ3v) is 6.94. The van der Waals surface area contributed by atoms with Crippen LogP contribution in [0.5, 0.6) is 0 Å². The van der Waals surface area contributed by atoms with E-state index < -0.39 is 0 Å². The van der Waals surface area contributed by atoms with E-state index >= 15 is 0 Å².